The molecule has 1 fully saturated rings. The molecule has 4 atom stereocenters. The molecule has 1 aliphatic rings. The monoisotopic (exact) mass is 363 g/mol. The molecule has 0 aliphatic carbocycles. The Morgan fingerprint density at radius 3 is 2.92 bits per heavy atom. The van der Waals surface area contributed by atoms with Gasteiger partial charge in [0.2, 0.25) is 5.95 Å². The Hall–Kier alpha value is -2.61. The fourth-order valence-corrected chi connectivity index (χ4v) is 3.31. The van der Waals surface area contributed by atoms with E-state index >= 15 is 0 Å². The van der Waals surface area contributed by atoms with Crippen molar-refractivity contribution in [2.24, 2.45) is 0 Å². The summed E-state index contributed by atoms with van der Waals surface area (Å²) in [7, 11) is 0. The number of nitrogen functional groups attached to an aromatic ring is 1. The van der Waals surface area contributed by atoms with Gasteiger partial charge in [-0.3, -0.25) is 14.3 Å². The maximum atomic E-state index is 12.8. The number of aliphatic hydroxyl groups excluding tert-OH is 2. The van der Waals surface area contributed by atoms with Crippen molar-refractivity contribution in [2.45, 2.75) is 57.3 Å². The summed E-state index contributed by atoms with van der Waals surface area (Å²) in [5, 5.41) is 20.5. The van der Waals surface area contributed by atoms with Crippen molar-refractivity contribution < 1.29 is 14.9 Å². The lowest BCUT2D eigenvalue weighted by Gasteiger charge is -2.19. The van der Waals surface area contributed by atoms with Crippen LogP contribution in [0.3, 0.4) is 0 Å². The molecule has 0 saturated carbocycles. The Balaban J connectivity index is 2.14. The minimum Gasteiger partial charge on any atom is -0.390 e. The highest BCUT2D eigenvalue weighted by molar-refractivity contribution is 5.72. The minimum atomic E-state index is -1.10. The summed E-state index contributed by atoms with van der Waals surface area (Å²) >= 11 is 0. The summed E-state index contributed by atoms with van der Waals surface area (Å²) in [4.78, 5) is 31.4. The third kappa shape index (κ3) is 2.90. The largest absolute Gasteiger partial charge is 0.390 e. The van der Waals surface area contributed by atoms with Crippen molar-refractivity contribution in [3.05, 3.63) is 20.8 Å². The standard InChI is InChI=1S/C16H21N5O5/c1-3-5-8(22)10-7-9(23)14(26-10)21-12-11(13(24)19-15(17)18-12)20(6-4-2)16(21)25/h2,8-10,14,22-23H,3,5-7H2,1H3,(H3,17,18,19,24)/t8-,9+,10-,14+/m0/s1. The Morgan fingerprint density at radius 2 is 2.27 bits per heavy atom. The van der Waals surface area contributed by atoms with Crippen LogP contribution in [0.2, 0.25) is 0 Å². The van der Waals surface area contributed by atoms with Gasteiger partial charge in [-0.25, -0.2) is 9.36 Å². The lowest BCUT2D eigenvalue weighted by molar-refractivity contribution is -0.0771. The first-order chi connectivity index (χ1) is 12.4. The molecule has 1 saturated heterocycles. The zero-order chi connectivity index (χ0) is 19.0. The molecule has 0 bridgehead atoms. The van der Waals surface area contributed by atoms with E-state index in [1.165, 1.54) is 0 Å². The first kappa shape index (κ1) is 18.2. The van der Waals surface area contributed by atoms with Crippen LogP contribution in [0.5, 0.6) is 0 Å². The summed E-state index contributed by atoms with van der Waals surface area (Å²) in [5.74, 6) is 2.14. The highest BCUT2D eigenvalue weighted by Gasteiger charge is 2.40. The van der Waals surface area contributed by atoms with Crippen molar-refractivity contribution >= 4 is 17.1 Å². The second-order valence-electron chi connectivity index (χ2n) is 6.29. The van der Waals surface area contributed by atoms with Gasteiger partial charge in [0, 0.05) is 6.42 Å². The van der Waals surface area contributed by atoms with E-state index in [1.807, 2.05) is 6.92 Å². The number of terminal acetylenes is 1. The quantitative estimate of drug-likeness (QED) is 0.493. The molecule has 3 heterocycles. The van der Waals surface area contributed by atoms with Gasteiger partial charge in [0.05, 0.1) is 18.8 Å². The van der Waals surface area contributed by atoms with E-state index in [0.717, 1.165) is 15.6 Å². The molecule has 10 heteroatoms. The van der Waals surface area contributed by atoms with Gasteiger partial charge in [0.25, 0.3) is 5.56 Å². The van der Waals surface area contributed by atoms with Crippen LogP contribution in [0.1, 0.15) is 32.4 Å². The van der Waals surface area contributed by atoms with E-state index in [9.17, 15) is 19.8 Å². The Labute approximate surface area is 148 Å². The molecule has 26 heavy (non-hydrogen) atoms. The SMILES string of the molecule is C#CCn1c(=O)n([C@@H]2O[C@H]([C@@H](O)CCC)C[C@H]2O)c2nc(N)[nH]c(=O)c21. The van der Waals surface area contributed by atoms with Crippen LogP contribution >= 0.6 is 0 Å². The second-order valence-corrected chi connectivity index (χ2v) is 6.29. The molecule has 0 aromatic carbocycles. The van der Waals surface area contributed by atoms with Crippen LogP contribution in [0.4, 0.5) is 5.95 Å². The predicted molar refractivity (Wildman–Crippen MR) is 93.3 cm³/mol. The normalized spacial score (nSPS) is 24.0. The first-order valence-electron chi connectivity index (χ1n) is 8.34. The van der Waals surface area contributed by atoms with Gasteiger partial charge >= 0.3 is 5.69 Å². The fourth-order valence-electron chi connectivity index (χ4n) is 3.31. The summed E-state index contributed by atoms with van der Waals surface area (Å²) in [5.41, 5.74) is 4.27. The van der Waals surface area contributed by atoms with Crippen LogP contribution in [-0.2, 0) is 11.3 Å². The van der Waals surface area contributed by atoms with E-state index in [4.69, 9.17) is 16.9 Å². The van der Waals surface area contributed by atoms with Crippen molar-refractivity contribution in [1.82, 2.24) is 19.1 Å². The number of H-pyrrole nitrogens is 1. The highest BCUT2D eigenvalue weighted by Crippen LogP contribution is 2.32. The van der Waals surface area contributed by atoms with E-state index in [2.05, 4.69) is 15.9 Å². The van der Waals surface area contributed by atoms with E-state index in [1.54, 1.807) is 0 Å². The number of rotatable bonds is 5. The molecule has 2 aromatic heterocycles. The summed E-state index contributed by atoms with van der Waals surface area (Å²) < 4.78 is 7.89. The van der Waals surface area contributed by atoms with Crippen LogP contribution in [0.25, 0.3) is 11.2 Å². The van der Waals surface area contributed by atoms with E-state index in [0.29, 0.717) is 6.42 Å². The predicted octanol–water partition coefficient (Wildman–Crippen LogP) is -1.09. The maximum Gasteiger partial charge on any atom is 0.333 e. The van der Waals surface area contributed by atoms with Gasteiger partial charge in [-0.05, 0) is 6.42 Å². The van der Waals surface area contributed by atoms with Crippen molar-refractivity contribution in [3.8, 4) is 12.3 Å². The molecule has 0 unspecified atom stereocenters. The number of ether oxygens (including phenoxy) is 1. The third-order valence-electron chi connectivity index (χ3n) is 4.46. The van der Waals surface area contributed by atoms with Gasteiger partial charge in [-0.2, -0.15) is 4.98 Å². The molecule has 5 N–H and O–H groups in total. The molecule has 0 radical (unpaired) electrons. The number of nitrogens with two attached hydrogens (primary N) is 1. The number of fused-ring (bicyclic) bond motifs is 1. The number of anilines is 1. The zero-order valence-electron chi connectivity index (χ0n) is 14.3. The number of hydrogen-bond acceptors (Lipinski definition) is 7. The number of imidazole rings is 1. The Bertz CT molecular complexity index is 968. The molecule has 1 aliphatic heterocycles. The number of aliphatic hydroxyl groups is 2. The molecular weight excluding hydrogens is 342 g/mol. The van der Waals surface area contributed by atoms with Gasteiger partial charge < -0.3 is 20.7 Å². The molecule has 0 spiro atoms. The average molecular weight is 363 g/mol. The summed E-state index contributed by atoms with van der Waals surface area (Å²) in [6, 6.07) is 0. The fraction of sp³-hybridized carbons (Fsp3) is 0.562. The summed E-state index contributed by atoms with van der Waals surface area (Å²) in [6.45, 7) is 1.77. The average Bonchev–Trinajstić information content (AvgIpc) is 3.07. The lowest BCUT2D eigenvalue weighted by Crippen LogP contribution is -2.32. The maximum absolute atomic E-state index is 12.8. The van der Waals surface area contributed by atoms with Crippen molar-refractivity contribution in [3.63, 3.8) is 0 Å². The molecule has 10 nitrogen and oxygen atoms in total. The Morgan fingerprint density at radius 1 is 1.54 bits per heavy atom. The lowest BCUT2D eigenvalue weighted by atomic mass is 10.1. The van der Waals surface area contributed by atoms with E-state index < -0.39 is 35.8 Å². The van der Waals surface area contributed by atoms with Gasteiger partial charge in [0.1, 0.15) is 6.10 Å². The number of aromatic nitrogens is 4. The number of nitrogens with zero attached hydrogens (tertiary/aromatic N) is 3. The molecule has 0 amide bonds. The van der Waals surface area contributed by atoms with Crippen LogP contribution in [0.15, 0.2) is 9.59 Å². The minimum absolute atomic E-state index is 0.0267. The molecular formula is C16H21N5O5. The highest BCUT2D eigenvalue weighted by atomic mass is 16.5. The molecule has 140 valence electrons. The zero-order valence-corrected chi connectivity index (χ0v) is 14.3. The summed E-state index contributed by atoms with van der Waals surface area (Å²) in [6.07, 6.45) is 3.14. The molecule has 3 rings (SSSR count). The van der Waals surface area contributed by atoms with Crippen LogP contribution < -0.4 is 17.0 Å². The van der Waals surface area contributed by atoms with Gasteiger partial charge in [-0.1, -0.05) is 19.3 Å². The van der Waals surface area contributed by atoms with Crippen molar-refractivity contribution in [2.75, 3.05) is 5.73 Å². The number of aromatic amines is 1. The van der Waals surface area contributed by atoms with E-state index in [-0.39, 0.29) is 30.1 Å². The third-order valence-corrected chi connectivity index (χ3v) is 4.46. The van der Waals surface area contributed by atoms with Crippen molar-refractivity contribution in [1.29, 1.82) is 0 Å². The topological polar surface area (TPSA) is 148 Å². The first-order valence-corrected chi connectivity index (χ1v) is 8.34. The van der Waals surface area contributed by atoms with Crippen LogP contribution in [0, 0.1) is 12.3 Å². The number of nitrogens with one attached hydrogen (secondary N) is 1. The number of hydrogen-bond donors (Lipinski definition) is 4. The Kier molecular flexibility index (Phi) is 4.86. The van der Waals surface area contributed by atoms with Gasteiger partial charge in [-0.15, -0.1) is 6.42 Å². The van der Waals surface area contributed by atoms with Crippen LogP contribution in [-0.4, -0.2) is 47.6 Å². The van der Waals surface area contributed by atoms with Gasteiger partial charge in [0.15, 0.2) is 17.4 Å². The smallest absolute Gasteiger partial charge is 0.333 e. The molecule has 2 aromatic rings. The second kappa shape index (κ2) is 6.95.